The second-order valence-electron chi connectivity index (χ2n) is 3.60. The molecule has 2 atom stereocenters. The van der Waals surface area contributed by atoms with Crippen LogP contribution in [0, 0.1) is 0 Å². The second kappa shape index (κ2) is 5.92. The smallest absolute Gasteiger partial charge is 0.409 e. The molecule has 0 spiro atoms. The van der Waals surface area contributed by atoms with Crippen LogP contribution in [0.4, 0.5) is 4.79 Å². The van der Waals surface area contributed by atoms with Crippen LogP contribution in [0.25, 0.3) is 0 Å². The van der Waals surface area contributed by atoms with Crippen LogP contribution in [-0.2, 0) is 9.47 Å². The molecule has 2 unspecified atom stereocenters. The van der Waals surface area contributed by atoms with Gasteiger partial charge in [0.1, 0.15) is 0 Å². The van der Waals surface area contributed by atoms with E-state index < -0.39 is 0 Å². The van der Waals surface area contributed by atoms with Crippen LogP contribution in [-0.4, -0.2) is 57.0 Å². The summed E-state index contributed by atoms with van der Waals surface area (Å²) in [6, 6.07) is 0.320. The van der Waals surface area contributed by atoms with Gasteiger partial charge in [-0.1, -0.05) is 0 Å². The molecule has 0 aromatic heterocycles. The Labute approximate surface area is 90.7 Å². The Morgan fingerprint density at radius 2 is 2.33 bits per heavy atom. The highest BCUT2D eigenvalue weighted by Gasteiger charge is 2.30. The maximum atomic E-state index is 11.5. The van der Waals surface area contributed by atoms with Crippen molar-refractivity contribution in [3.63, 3.8) is 0 Å². The zero-order valence-corrected chi connectivity index (χ0v) is 9.66. The number of hydrogen-bond acceptors (Lipinski definition) is 4. The molecule has 1 fully saturated rings. The Morgan fingerprint density at radius 3 is 2.87 bits per heavy atom. The van der Waals surface area contributed by atoms with E-state index in [9.17, 15) is 4.79 Å². The number of methoxy groups -OCH3 is 1. The van der Waals surface area contributed by atoms with E-state index in [1.165, 1.54) is 0 Å². The highest BCUT2D eigenvalue weighted by molar-refractivity contribution is 5.67. The number of rotatable bonds is 3. The van der Waals surface area contributed by atoms with Gasteiger partial charge in [0, 0.05) is 19.7 Å². The number of likely N-dealkylation sites (tertiary alicyclic amines) is 1. The molecule has 1 aliphatic heterocycles. The maximum Gasteiger partial charge on any atom is 0.409 e. The molecule has 1 heterocycles. The van der Waals surface area contributed by atoms with E-state index in [0.29, 0.717) is 19.2 Å². The molecule has 5 nitrogen and oxygen atoms in total. The van der Waals surface area contributed by atoms with E-state index in [4.69, 9.17) is 9.47 Å². The number of ether oxygens (including phenoxy) is 2. The molecule has 0 radical (unpaired) electrons. The van der Waals surface area contributed by atoms with Crippen molar-refractivity contribution >= 4 is 6.09 Å². The first kappa shape index (κ1) is 12.3. The molecule has 0 aliphatic carbocycles. The first-order valence-electron chi connectivity index (χ1n) is 5.34. The lowest BCUT2D eigenvalue weighted by molar-refractivity contribution is 0.00572. The summed E-state index contributed by atoms with van der Waals surface area (Å²) < 4.78 is 10.3. The predicted octanol–water partition coefficient (Wildman–Crippen LogP) is 0.452. The number of carbonyl (C=O) groups excluding carboxylic acids is 1. The topological polar surface area (TPSA) is 50.8 Å². The van der Waals surface area contributed by atoms with Gasteiger partial charge in [0.15, 0.2) is 0 Å². The summed E-state index contributed by atoms with van der Waals surface area (Å²) in [5.74, 6) is 0. The van der Waals surface area contributed by atoms with Gasteiger partial charge in [-0.2, -0.15) is 0 Å². The van der Waals surface area contributed by atoms with Crippen LogP contribution in [0.15, 0.2) is 0 Å². The normalized spacial score (nSPS) is 26.5. The minimum atomic E-state index is -0.242. The van der Waals surface area contributed by atoms with Gasteiger partial charge in [-0.05, 0) is 20.4 Å². The SMILES string of the molecule is CCOC(=O)N1CCC(NC)C(OC)C1. The van der Waals surface area contributed by atoms with Crippen LogP contribution >= 0.6 is 0 Å². The van der Waals surface area contributed by atoms with Gasteiger partial charge in [0.25, 0.3) is 0 Å². The fourth-order valence-corrected chi connectivity index (χ4v) is 1.87. The standard InChI is InChI=1S/C10H20N2O3/c1-4-15-10(13)12-6-5-8(11-2)9(7-12)14-3/h8-9,11H,4-7H2,1-3H3. The Balaban J connectivity index is 2.48. The van der Waals surface area contributed by atoms with E-state index in [1.54, 1.807) is 12.0 Å². The molecule has 1 amide bonds. The van der Waals surface area contributed by atoms with Crippen molar-refractivity contribution < 1.29 is 14.3 Å². The van der Waals surface area contributed by atoms with Gasteiger partial charge in [-0.3, -0.25) is 0 Å². The van der Waals surface area contributed by atoms with Gasteiger partial charge in [0.2, 0.25) is 0 Å². The third kappa shape index (κ3) is 3.07. The van der Waals surface area contributed by atoms with Gasteiger partial charge in [-0.25, -0.2) is 4.79 Å². The summed E-state index contributed by atoms with van der Waals surface area (Å²) in [5.41, 5.74) is 0. The molecule has 0 saturated carbocycles. The Hall–Kier alpha value is -0.810. The van der Waals surface area contributed by atoms with Crippen molar-refractivity contribution in [3.8, 4) is 0 Å². The number of piperidine rings is 1. The molecule has 1 saturated heterocycles. The Morgan fingerprint density at radius 1 is 1.60 bits per heavy atom. The first-order valence-corrected chi connectivity index (χ1v) is 5.34. The van der Waals surface area contributed by atoms with Crippen molar-refractivity contribution in [1.82, 2.24) is 10.2 Å². The minimum Gasteiger partial charge on any atom is -0.450 e. The third-order valence-corrected chi connectivity index (χ3v) is 2.76. The molecule has 5 heteroatoms. The van der Waals surface area contributed by atoms with Crippen LogP contribution in [0.1, 0.15) is 13.3 Å². The quantitative estimate of drug-likeness (QED) is 0.744. The summed E-state index contributed by atoms with van der Waals surface area (Å²) in [4.78, 5) is 13.2. The molecule has 0 aromatic rings. The Kier molecular flexibility index (Phi) is 4.84. The number of nitrogens with one attached hydrogen (secondary N) is 1. The van der Waals surface area contributed by atoms with Crippen molar-refractivity contribution in [2.45, 2.75) is 25.5 Å². The average molecular weight is 216 g/mol. The maximum absolute atomic E-state index is 11.5. The van der Waals surface area contributed by atoms with E-state index >= 15 is 0 Å². The van der Waals surface area contributed by atoms with Crippen molar-refractivity contribution in [3.05, 3.63) is 0 Å². The summed E-state index contributed by atoms with van der Waals surface area (Å²) in [6.07, 6.45) is 0.704. The zero-order chi connectivity index (χ0) is 11.3. The Bertz CT molecular complexity index is 211. The summed E-state index contributed by atoms with van der Waals surface area (Å²) >= 11 is 0. The number of nitrogens with zero attached hydrogens (tertiary/aromatic N) is 1. The summed E-state index contributed by atoms with van der Waals surface area (Å²) in [7, 11) is 3.58. The lowest BCUT2D eigenvalue weighted by Gasteiger charge is -2.36. The third-order valence-electron chi connectivity index (χ3n) is 2.76. The van der Waals surface area contributed by atoms with Crippen LogP contribution < -0.4 is 5.32 Å². The van der Waals surface area contributed by atoms with Crippen LogP contribution in [0.3, 0.4) is 0 Å². The molecular formula is C10H20N2O3. The summed E-state index contributed by atoms with van der Waals surface area (Å²) in [6.45, 7) is 3.56. The fraction of sp³-hybridized carbons (Fsp3) is 0.900. The molecule has 88 valence electrons. The van der Waals surface area contributed by atoms with Crippen LogP contribution in [0.5, 0.6) is 0 Å². The van der Waals surface area contributed by atoms with E-state index in [-0.39, 0.29) is 12.2 Å². The summed E-state index contributed by atoms with van der Waals surface area (Å²) in [5, 5.41) is 3.19. The highest BCUT2D eigenvalue weighted by atomic mass is 16.6. The zero-order valence-electron chi connectivity index (χ0n) is 9.66. The predicted molar refractivity (Wildman–Crippen MR) is 56.9 cm³/mol. The minimum absolute atomic E-state index is 0.0492. The molecule has 1 rings (SSSR count). The van der Waals surface area contributed by atoms with Gasteiger partial charge < -0.3 is 19.7 Å². The largest absolute Gasteiger partial charge is 0.450 e. The highest BCUT2D eigenvalue weighted by Crippen LogP contribution is 2.14. The van der Waals surface area contributed by atoms with Gasteiger partial charge >= 0.3 is 6.09 Å². The number of hydrogen-bond donors (Lipinski definition) is 1. The molecule has 0 aromatic carbocycles. The molecule has 1 N–H and O–H groups in total. The van der Waals surface area contributed by atoms with Crippen molar-refractivity contribution in [1.29, 1.82) is 0 Å². The fourth-order valence-electron chi connectivity index (χ4n) is 1.87. The molecule has 1 aliphatic rings. The van der Waals surface area contributed by atoms with Crippen molar-refractivity contribution in [2.75, 3.05) is 33.9 Å². The second-order valence-corrected chi connectivity index (χ2v) is 3.60. The number of carbonyl (C=O) groups is 1. The monoisotopic (exact) mass is 216 g/mol. The molecule has 15 heavy (non-hydrogen) atoms. The van der Waals surface area contributed by atoms with Crippen molar-refractivity contribution in [2.24, 2.45) is 0 Å². The van der Waals surface area contributed by atoms with E-state index in [1.807, 2.05) is 14.0 Å². The van der Waals surface area contributed by atoms with Gasteiger partial charge in [0.05, 0.1) is 19.3 Å². The van der Waals surface area contributed by atoms with Gasteiger partial charge in [-0.15, -0.1) is 0 Å². The molecular weight excluding hydrogens is 196 g/mol. The lowest BCUT2D eigenvalue weighted by atomic mass is 10.0. The number of likely N-dealkylation sites (N-methyl/N-ethyl adjacent to an activating group) is 1. The first-order chi connectivity index (χ1) is 7.22. The number of amides is 1. The lowest BCUT2D eigenvalue weighted by Crippen LogP contribution is -2.54. The van der Waals surface area contributed by atoms with Crippen LogP contribution in [0.2, 0.25) is 0 Å². The van der Waals surface area contributed by atoms with E-state index in [2.05, 4.69) is 5.32 Å². The van der Waals surface area contributed by atoms with E-state index in [0.717, 1.165) is 13.0 Å². The average Bonchev–Trinajstić information content (AvgIpc) is 2.28. The molecule has 0 bridgehead atoms.